The van der Waals surface area contributed by atoms with Gasteiger partial charge in [0, 0.05) is 24.0 Å². The van der Waals surface area contributed by atoms with Crippen LogP contribution in [0.1, 0.15) is 48.7 Å². The summed E-state index contributed by atoms with van der Waals surface area (Å²) in [6, 6.07) is 10.4. The van der Waals surface area contributed by atoms with Gasteiger partial charge in [-0.2, -0.15) is 5.10 Å². The fourth-order valence-corrected chi connectivity index (χ4v) is 3.47. The van der Waals surface area contributed by atoms with E-state index >= 15 is 0 Å². The van der Waals surface area contributed by atoms with Crippen molar-refractivity contribution in [3.8, 4) is 11.3 Å². The van der Waals surface area contributed by atoms with Crippen molar-refractivity contribution < 1.29 is 4.52 Å². The van der Waals surface area contributed by atoms with Gasteiger partial charge in [-0.3, -0.25) is 10.00 Å². The van der Waals surface area contributed by atoms with Crippen LogP contribution in [-0.4, -0.2) is 38.3 Å². The maximum absolute atomic E-state index is 5.56. The number of benzene rings is 1. The van der Waals surface area contributed by atoms with Crippen LogP contribution in [0.5, 0.6) is 0 Å². The van der Waals surface area contributed by atoms with Crippen molar-refractivity contribution >= 4 is 0 Å². The molecule has 0 spiro atoms. The van der Waals surface area contributed by atoms with Crippen molar-refractivity contribution in [2.24, 2.45) is 0 Å². The molecule has 6 nitrogen and oxygen atoms in total. The Bertz CT molecular complexity index is 843. The molecule has 0 bridgehead atoms. The van der Waals surface area contributed by atoms with Crippen LogP contribution in [0.25, 0.3) is 11.3 Å². The lowest BCUT2D eigenvalue weighted by Gasteiger charge is -2.29. The topological polar surface area (TPSA) is 70.8 Å². The largest absolute Gasteiger partial charge is 0.359 e. The average Bonchev–Trinajstić information content (AvgIpc) is 3.33. The first kappa shape index (κ1) is 17.0. The number of aromatic nitrogens is 4. The summed E-state index contributed by atoms with van der Waals surface area (Å²) in [5.74, 6) is 3.33. The van der Waals surface area contributed by atoms with Crippen LogP contribution < -0.4 is 0 Å². The van der Waals surface area contributed by atoms with Crippen molar-refractivity contribution in [3.05, 3.63) is 53.3 Å². The minimum absolute atomic E-state index is 0.459. The van der Waals surface area contributed by atoms with Crippen molar-refractivity contribution in [1.82, 2.24) is 25.2 Å². The number of nitrogens with zero attached hydrogens (tertiary/aromatic N) is 4. The molecule has 0 unspecified atom stereocenters. The van der Waals surface area contributed by atoms with E-state index < -0.39 is 0 Å². The molecule has 4 rings (SSSR count). The van der Waals surface area contributed by atoms with Gasteiger partial charge in [0.1, 0.15) is 11.5 Å². The molecule has 1 saturated heterocycles. The fraction of sp³-hybridized carbons (Fsp3) is 0.450. The number of hydrogen-bond donors (Lipinski definition) is 1. The lowest BCUT2D eigenvalue weighted by atomic mass is 9.96. The quantitative estimate of drug-likeness (QED) is 0.759. The number of aryl methyl sites for hydroxylation is 2. The maximum atomic E-state index is 5.56. The first-order valence-electron chi connectivity index (χ1n) is 9.37. The summed E-state index contributed by atoms with van der Waals surface area (Å²) in [5, 5.41) is 11.6. The van der Waals surface area contributed by atoms with Gasteiger partial charge in [0.15, 0.2) is 11.6 Å². The van der Waals surface area contributed by atoms with Crippen molar-refractivity contribution in [2.75, 3.05) is 13.1 Å². The summed E-state index contributed by atoms with van der Waals surface area (Å²) < 4.78 is 5.56. The highest BCUT2D eigenvalue weighted by molar-refractivity contribution is 5.59. The summed E-state index contributed by atoms with van der Waals surface area (Å²) >= 11 is 0. The van der Waals surface area contributed by atoms with Crippen LogP contribution in [-0.2, 0) is 13.0 Å². The summed E-state index contributed by atoms with van der Waals surface area (Å²) in [5.41, 5.74) is 3.25. The Balaban J connectivity index is 1.34. The van der Waals surface area contributed by atoms with Crippen LogP contribution in [0.4, 0.5) is 0 Å². The molecule has 136 valence electrons. The minimum Gasteiger partial charge on any atom is -0.359 e. The van der Waals surface area contributed by atoms with Crippen LogP contribution in [0.15, 0.2) is 34.9 Å². The molecule has 0 aliphatic carbocycles. The molecular formula is C20H25N5O. The van der Waals surface area contributed by atoms with E-state index in [1.807, 2.05) is 0 Å². The van der Waals surface area contributed by atoms with E-state index in [2.05, 4.69) is 69.4 Å². The standard InChI is InChI=1S/C20H25N5O/c1-3-19-21-20(23-22-19)16-8-10-25(11-9-16)13-17-12-18(24-26-17)15-6-4-14(2)5-7-15/h4-7,12,16H,3,8-11,13H2,1-2H3,(H,21,22,23). The molecule has 1 aliphatic rings. The third-order valence-corrected chi connectivity index (χ3v) is 5.12. The lowest BCUT2D eigenvalue weighted by molar-refractivity contribution is 0.182. The minimum atomic E-state index is 0.459. The van der Waals surface area contributed by atoms with Gasteiger partial charge in [-0.05, 0) is 32.9 Å². The molecule has 0 amide bonds. The van der Waals surface area contributed by atoms with Gasteiger partial charge in [0.05, 0.1) is 6.54 Å². The summed E-state index contributed by atoms with van der Waals surface area (Å²) in [7, 11) is 0. The number of H-pyrrole nitrogens is 1. The van der Waals surface area contributed by atoms with E-state index in [4.69, 9.17) is 4.52 Å². The highest BCUT2D eigenvalue weighted by Gasteiger charge is 2.24. The predicted octanol–water partition coefficient (Wildman–Crippen LogP) is 3.71. The first-order valence-corrected chi connectivity index (χ1v) is 9.37. The molecule has 2 aromatic heterocycles. The maximum Gasteiger partial charge on any atom is 0.153 e. The van der Waals surface area contributed by atoms with Gasteiger partial charge >= 0.3 is 0 Å². The van der Waals surface area contributed by atoms with Crippen molar-refractivity contribution in [1.29, 1.82) is 0 Å². The highest BCUT2D eigenvalue weighted by atomic mass is 16.5. The zero-order valence-corrected chi connectivity index (χ0v) is 15.4. The number of likely N-dealkylation sites (tertiary alicyclic amines) is 1. The predicted molar refractivity (Wildman–Crippen MR) is 99.7 cm³/mol. The van der Waals surface area contributed by atoms with E-state index in [-0.39, 0.29) is 0 Å². The molecule has 1 N–H and O–H groups in total. The number of rotatable bonds is 5. The molecule has 0 radical (unpaired) electrons. The van der Waals surface area contributed by atoms with E-state index in [0.29, 0.717) is 5.92 Å². The van der Waals surface area contributed by atoms with Gasteiger partial charge in [-0.25, -0.2) is 4.98 Å². The third-order valence-electron chi connectivity index (χ3n) is 5.12. The van der Waals surface area contributed by atoms with Gasteiger partial charge in [-0.15, -0.1) is 0 Å². The van der Waals surface area contributed by atoms with Gasteiger partial charge in [0.2, 0.25) is 0 Å². The number of hydrogen-bond acceptors (Lipinski definition) is 5. The number of nitrogens with one attached hydrogen (secondary N) is 1. The van der Waals surface area contributed by atoms with Gasteiger partial charge < -0.3 is 4.52 Å². The Kier molecular flexibility index (Phi) is 4.84. The zero-order chi connectivity index (χ0) is 17.9. The Morgan fingerprint density at radius 2 is 1.96 bits per heavy atom. The second-order valence-corrected chi connectivity index (χ2v) is 7.09. The molecule has 1 aromatic carbocycles. The number of aromatic amines is 1. The molecule has 3 heterocycles. The Morgan fingerprint density at radius 1 is 1.19 bits per heavy atom. The summed E-state index contributed by atoms with van der Waals surface area (Å²) in [6.45, 7) is 7.04. The Labute approximate surface area is 153 Å². The van der Waals surface area contributed by atoms with Crippen molar-refractivity contribution in [2.45, 2.75) is 45.6 Å². The molecule has 1 fully saturated rings. The Hall–Kier alpha value is -2.47. The van der Waals surface area contributed by atoms with Gasteiger partial charge in [-0.1, -0.05) is 41.9 Å². The normalized spacial score (nSPS) is 16.2. The van der Waals surface area contributed by atoms with E-state index in [1.54, 1.807) is 0 Å². The van der Waals surface area contributed by atoms with Crippen molar-refractivity contribution in [3.63, 3.8) is 0 Å². The highest BCUT2D eigenvalue weighted by Crippen LogP contribution is 2.27. The fourth-order valence-electron chi connectivity index (χ4n) is 3.47. The zero-order valence-electron chi connectivity index (χ0n) is 15.4. The summed E-state index contributed by atoms with van der Waals surface area (Å²) in [4.78, 5) is 7.01. The second-order valence-electron chi connectivity index (χ2n) is 7.09. The van der Waals surface area contributed by atoms with Crippen LogP contribution in [0, 0.1) is 6.92 Å². The molecule has 6 heteroatoms. The number of piperidine rings is 1. The molecule has 0 atom stereocenters. The van der Waals surface area contributed by atoms with Crippen LogP contribution in [0.3, 0.4) is 0 Å². The average molecular weight is 351 g/mol. The smallest absolute Gasteiger partial charge is 0.153 e. The molecule has 26 heavy (non-hydrogen) atoms. The third kappa shape index (κ3) is 3.70. The molecular weight excluding hydrogens is 326 g/mol. The SMILES string of the molecule is CCc1nc(C2CCN(Cc3cc(-c4ccc(C)cc4)no3)CC2)n[nH]1. The Morgan fingerprint density at radius 3 is 2.65 bits per heavy atom. The molecule has 1 aliphatic heterocycles. The van der Waals surface area contributed by atoms with E-state index in [1.165, 1.54) is 5.56 Å². The molecule has 3 aromatic rings. The second kappa shape index (κ2) is 7.41. The molecule has 0 saturated carbocycles. The lowest BCUT2D eigenvalue weighted by Crippen LogP contribution is -2.32. The first-order chi connectivity index (χ1) is 12.7. The van der Waals surface area contributed by atoms with Gasteiger partial charge in [0.25, 0.3) is 0 Å². The van der Waals surface area contributed by atoms with E-state index in [9.17, 15) is 0 Å². The summed E-state index contributed by atoms with van der Waals surface area (Å²) in [6.07, 6.45) is 3.07. The van der Waals surface area contributed by atoms with Crippen LogP contribution in [0.2, 0.25) is 0 Å². The van der Waals surface area contributed by atoms with E-state index in [0.717, 1.165) is 67.6 Å². The van der Waals surface area contributed by atoms with Crippen LogP contribution >= 0.6 is 0 Å². The monoisotopic (exact) mass is 351 g/mol.